The van der Waals surface area contributed by atoms with Gasteiger partial charge in [0.25, 0.3) is 0 Å². The van der Waals surface area contributed by atoms with Crippen LogP contribution in [0.3, 0.4) is 0 Å². The van der Waals surface area contributed by atoms with Crippen molar-refractivity contribution in [3.05, 3.63) is 93.5 Å². The number of carboxylic acid groups (broad SMARTS) is 1. The Balaban J connectivity index is 1.53. The predicted molar refractivity (Wildman–Crippen MR) is 162 cm³/mol. The molecule has 1 atom stereocenters. The van der Waals surface area contributed by atoms with Crippen LogP contribution in [-0.4, -0.2) is 52.9 Å². The lowest BCUT2D eigenvalue weighted by atomic mass is 9.95. The number of nitrogens with zero attached hydrogens (tertiary/aromatic N) is 1. The number of aliphatic hydroxyl groups excluding tert-OH is 1. The zero-order valence-corrected chi connectivity index (χ0v) is 24.6. The Morgan fingerprint density at radius 3 is 2.31 bits per heavy atom. The molecule has 3 rings (SSSR count). The quantitative estimate of drug-likeness (QED) is 0.186. The Hall–Kier alpha value is -2.41. The second-order valence-electron chi connectivity index (χ2n) is 10.9. The van der Waals surface area contributed by atoms with E-state index in [1.165, 1.54) is 5.56 Å². The zero-order chi connectivity index (χ0) is 28.4. The van der Waals surface area contributed by atoms with E-state index in [1.54, 1.807) is 0 Å². The van der Waals surface area contributed by atoms with Gasteiger partial charge in [-0.05, 0) is 81.0 Å². The summed E-state index contributed by atoms with van der Waals surface area (Å²) in [5.41, 5.74) is 4.80. The van der Waals surface area contributed by atoms with Crippen molar-refractivity contribution in [2.75, 3.05) is 20.1 Å². The predicted octanol–water partition coefficient (Wildman–Crippen LogP) is 6.86. The van der Waals surface area contributed by atoms with Gasteiger partial charge in [0, 0.05) is 47.2 Å². The number of carboxylic acids is 1. The highest BCUT2D eigenvalue weighted by Crippen LogP contribution is 2.34. The second-order valence-corrected chi connectivity index (χ2v) is 11.7. The highest BCUT2D eigenvalue weighted by atomic mass is 35.5. The number of hydrogen-bond donors (Lipinski definition) is 3. The summed E-state index contributed by atoms with van der Waals surface area (Å²) in [5, 5.41) is 24.4. The number of β-amino-alcohol motifs (C(OH)–C–C–N with tert-alkyl or cyclic N) is 1. The molecule has 0 bridgehead atoms. The number of aliphatic hydroxyl groups is 1. The number of halogens is 2. The van der Waals surface area contributed by atoms with Gasteiger partial charge in [-0.15, -0.1) is 0 Å². The molecule has 0 saturated carbocycles. The first-order chi connectivity index (χ1) is 18.5. The fraction of sp³-hybridized carbons (Fsp3) is 0.406. The van der Waals surface area contributed by atoms with Crippen molar-refractivity contribution < 1.29 is 15.0 Å². The van der Waals surface area contributed by atoms with Crippen LogP contribution >= 0.6 is 23.2 Å². The number of carbonyl (C=O) groups is 1. The van der Waals surface area contributed by atoms with E-state index in [-0.39, 0.29) is 12.0 Å². The number of hydrogen-bond acceptors (Lipinski definition) is 4. The van der Waals surface area contributed by atoms with E-state index in [0.717, 1.165) is 41.5 Å². The Bertz CT molecular complexity index is 1190. The van der Waals surface area contributed by atoms with Crippen LogP contribution in [0.15, 0.2) is 66.7 Å². The molecule has 0 spiro atoms. The zero-order valence-electron chi connectivity index (χ0n) is 23.1. The van der Waals surface area contributed by atoms with Gasteiger partial charge < -0.3 is 15.5 Å². The first kappa shape index (κ1) is 31.1. The number of benzene rings is 3. The highest BCUT2D eigenvalue weighted by molar-refractivity contribution is 6.36. The summed E-state index contributed by atoms with van der Waals surface area (Å²) in [5.74, 6) is -0.830. The Labute approximate surface area is 242 Å². The van der Waals surface area contributed by atoms with Gasteiger partial charge in [0.2, 0.25) is 0 Å². The number of aliphatic carboxylic acids is 1. The average molecular weight is 572 g/mol. The third-order valence-electron chi connectivity index (χ3n) is 6.95. The monoisotopic (exact) mass is 570 g/mol. The molecule has 3 N–H and O–H groups in total. The maximum absolute atomic E-state index is 11.1. The normalized spacial score (nSPS) is 12.6. The third-order valence-corrected chi connectivity index (χ3v) is 7.63. The van der Waals surface area contributed by atoms with Crippen LogP contribution in [0.4, 0.5) is 0 Å². The summed E-state index contributed by atoms with van der Waals surface area (Å²) >= 11 is 13.4. The summed E-state index contributed by atoms with van der Waals surface area (Å²) in [6.07, 6.45) is 3.09. The SMILES string of the molecule is CN(Cc1c(Cl)cc(-c2ccccc2CCC(=O)O)cc1Cl)C[C@H](O)CNC(C)(C)CCCc1ccccc1. The standard InChI is InChI=1S/C32H40Cl2N2O3/c1-32(2,17-9-12-23-10-5-4-6-11-23)35-20-26(37)21-36(3)22-28-29(33)18-25(19-30(28)34)27-14-8-7-13-24(27)15-16-31(38)39/h4-8,10-11,13-14,18-19,26,35,37H,9,12,15-17,20-22H2,1-3H3,(H,38,39)/t26-/m1/s1. The molecule has 210 valence electrons. The van der Waals surface area contributed by atoms with Gasteiger partial charge in [-0.2, -0.15) is 0 Å². The van der Waals surface area contributed by atoms with E-state index >= 15 is 0 Å². The molecule has 39 heavy (non-hydrogen) atoms. The van der Waals surface area contributed by atoms with Gasteiger partial charge in [0.15, 0.2) is 0 Å². The number of rotatable bonds is 15. The van der Waals surface area contributed by atoms with Crippen LogP contribution in [0.5, 0.6) is 0 Å². The smallest absolute Gasteiger partial charge is 0.303 e. The minimum atomic E-state index is -0.830. The lowest BCUT2D eigenvalue weighted by Gasteiger charge is -2.29. The molecule has 0 aliphatic heterocycles. The largest absolute Gasteiger partial charge is 0.481 e. The van der Waals surface area contributed by atoms with Crippen LogP contribution in [0, 0.1) is 0 Å². The molecule has 0 aromatic heterocycles. The maximum atomic E-state index is 11.1. The molecule has 5 nitrogen and oxygen atoms in total. The summed E-state index contributed by atoms with van der Waals surface area (Å²) in [6.45, 7) is 5.82. The van der Waals surface area contributed by atoms with Gasteiger partial charge >= 0.3 is 5.97 Å². The lowest BCUT2D eigenvalue weighted by Crippen LogP contribution is -2.46. The van der Waals surface area contributed by atoms with E-state index in [1.807, 2.05) is 54.4 Å². The van der Waals surface area contributed by atoms with E-state index in [9.17, 15) is 9.90 Å². The van der Waals surface area contributed by atoms with E-state index in [4.69, 9.17) is 28.3 Å². The van der Waals surface area contributed by atoms with Crippen molar-refractivity contribution in [3.8, 4) is 11.1 Å². The van der Waals surface area contributed by atoms with E-state index in [0.29, 0.717) is 36.1 Å². The highest BCUT2D eigenvalue weighted by Gasteiger charge is 2.20. The second kappa shape index (κ2) is 14.8. The van der Waals surface area contributed by atoms with Crippen LogP contribution in [0.1, 0.15) is 49.8 Å². The minimum Gasteiger partial charge on any atom is -0.481 e. The molecule has 3 aromatic carbocycles. The number of aryl methyl sites for hydroxylation is 2. The Morgan fingerprint density at radius 1 is 1.00 bits per heavy atom. The molecule has 0 aliphatic carbocycles. The van der Waals surface area contributed by atoms with Crippen molar-refractivity contribution >= 4 is 29.2 Å². The molecular formula is C32H40Cl2N2O3. The minimum absolute atomic E-state index is 0.0589. The van der Waals surface area contributed by atoms with E-state index in [2.05, 4.69) is 43.4 Å². The molecule has 3 aromatic rings. The topological polar surface area (TPSA) is 72.8 Å². The molecule has 0 radical (unpaired) electrons. The van der Waals surface area contributed by atoms with Gasteiger partial charge in [-0.3, -0.25) is 9.69 Å². The first-order valence-corrected chi connectivity index (χ1v) is 14.2. The Kier molecular flexibility index (Phi) is 11.8. The average Bonchev–Trinajstić information content (AvgIpc) is 2.89. The molecule has 0 aliphatic rings. The van der Waals surface area contributed by atoms with Crippen molar-refractivity contribution in [3.63, 3.8) is 0 Å². The van der Waals surface area contributed by atoms with Crippen LogP contribution < -0.4 is 5.32 Å². The molecule has 0 fully saturated rings. The molecule has 0 saturated heterocycles. The summed E-state index contributed by atoms with van der Waals surface area (Å²) in [4.78, 5) is 13.1. The molecule has 0 amide bonds. The molecule has 7 heteroatoms. The van der Waals surface area contributed by atoms with Crippen LogP contribution in [0.2, 0.25) is 10.0 Å². The number of nitrogens with one attached hydrogen (secondary N) is 1. The van der Waals surface area contributed by atoms with E-state index < -0.39 is 12.1 Å². The van der Waals surface area contributed by atoms with Crippen molar-refractivity contribution in [2.45, 2.75) is 64.1 Å². The third kappa shape index (κ3) is 10.3. The van der Waals surface area contributed by atoms with Crippen LogP contribution in [0.25, 0.3) is 11.1 Å². The maximum Gasteiger partial charge on any atom is 0.303 e. The van der Waals surface area contributed by atoms with Crippen LogP contribution in [-0.2, 0) is 24.2 Å². The molecule has 0 heterocycles. The fourth-order valence-electron chi connectivity index (χ4n) is 4.79. The van der Waals surface area contributed by atoms with Gasteiger partial charge in [-0.1, -0.05) is 77.8 Å². The van der Waals surface area contributed by atoms with Crippen molar-refractivity contribution in [2.24, 2.45) is 0 Å². The van der Waals surface area contributed by atoms with Gasteiger partial charge in [0.1, 0.15) is 0 Å². The van der Waals surface area contributed by atoms with Crippen molar-refractivity contribution in [1.82, 2.24) is 10.2 Å². The number of likely N-dealkylation sites (N-methyl/N-ethyl adjacent to an activating group) is 1. The van der Waals surface area contributed by atoms with Gasteiger partial charge in [-0.25, -0.2) is 0 Å². The lowest BCUT2D eigenvalue weighted by molar-refractivity contribution is -0.136. The van der Waals surface area contributed by atoms with Crippen molar-refractivity contribution in [1.29, 1.82) is 0 Å². The fourth-order valence-corrected chi connectivity index (χ4v) is 5.40. The van der Waals surface area contributed by atoms with Gasteiger partial charge in [0.05, 0.1) is 6.10 Å². The summed E-state index contributed by atoms with van der Waals surface area (Å²) < 4.78 is 0. The summed E-state index contributed by atoms with van der Waals surface area (Å²) in [6, 6.07) is 22.0. The first-order valence-electron chi connectivity index (χ1n) is 13.5. The molecule has 0 unspecified atom stereocenters. The Morgan fingerprint density at radius 2 is 1.64 bits per heavy atom. The summed E-state index contributed by atoms with van der Waals surface area (Å²) in [7, 11) is 1.94. The molecular weight excluding hydrogens is 531 g/mol.